The number of carbonyl (C=O) groups excluding carboxylic acids is 1. The van der Waals surface area contributed by atoms with Crippen molar-refractivity contribution >= 4 is 27.1 Å². The number of ether oxygens (including phenoxy) is 1. The van der Waals surface area contributed by atoms with Crippen LogP contribution in [0.25, 0.3) is 0 Å². The van der Waals surface area contributed by atoms with Gasteiger partial charge in [-0.1, -0.05) is 17.7 Å². The van der Waals surface area contributed by atoms with E-state index in [1.807, 2.05) is 6.92 Å². The number of hydrogen-bond acceptors (Lipinski definition) is 4. The van der Waals surface area contributed by atoms with Gasteiger partial charge in [-0.3, -0.25) is 0 Å². The number of carbonyl (C=O) groups is 1. The van der Waals surface area contributed by atoms with E-state index in [9.17, 15) is 13.2 Å². The molecule has 0 fully saturated rings. The van der Waals surface area contributed by atoms with Crippen LogP contribution in [0.3, 0.4) is 0 Å². The third-order valence-electron chi connectivity index (χ3n) is 2.43. The minimum atomic E-state index is -3.69. The van der Waals surface area contributed by atoms with Crippen LogP contribution in [-0.2, 0) is 10.0 Å². The van der Waals surface area contributed by atoms with Crippen molar-refractivity contribution < 1.29 is 17.9 Å². The van der Waals surface area contributed by atoms with E-state index in [0.29, 0.717) is 0 Å². The van der Waals surface area contributed by atoms with Crippen molar-refractivity contribution in [3.8, 4) is 5.75 Å². The van der Waals surface area contributed by atoms with E-state index in [1.54, 1.807) is 12.1 Å². The van der Waals surface area contributed by atoms with Gasteiger partial charge in [-0.15, -0.1) is 0 Å². The number of nitrogens with zero attached hydrogens (tertiary/aromatic N) is 1. The molecule has 0 bridgehead atoms. The topological polar surface area (TPSA) is 65.4 Å². The summed E-state index contributed by atoms with van der Waals surface area (Å²) in [5.41, 5.74) is -0.0614. The fourth-order valence-corrected chi connectivity index (χ4v) is 2.77. The Hall–Kier alpha value is -1.79. The molecule has 100 valence electrons. The number of rotatable bonds is 3. The van der Waals surface area contributed by atoms with Crippen molar-refractivity contribution in [2.75, 3.05) is 0 Å². The SMILES string of the molecule is Cc1ccc(S(=O)(=O)n2ccc(OC(=O)Cl)c2)cc1. The molecule has 0 aliphatic carbocycles. The van der Waals surface area contributed by atoms with Gasteiger partial charge in [0.05, 0.1) is 11.1 Å². The highest BCUT2D eigenvalue weighted by atomic mass is 35.5. The maximum atomic E-state index is 12.2. The van der Waals surface area contributed by atoms with Crippen molar-refractivity contribution in [3.63, 3.8) is 0 Å². The Morgan fingerprint density at radius 1 is 1.21 bits per heavy atom. The van der Waals surface area contributed by atoms with Gasteiger partial charge < -0.3 is 4.74 Å². The predicted octanol–water partition coefficient (Wildman–Crippen LogP) is 2.77. The molecular weight excluding hydrogens is 290 g/mol. The summed E-state index contributed by atoms with van der Waals surface area (Å²) in [5.74, 6) is 0.0655. The molecule has 0 saturated heterocycles. The normalized spacial score (nSPS) is 11.3. The van der Waals surface area contributed by atoms with E-state index in [4.69, 9.17) is 11.6 Å². The zero-order chi connectivity index (χ0) is 14.0. The Kier molecular flexibility index (Phi) is 3.64. The van der Waals surface area contributed by atoms with E-state index >= 15 is 0 Å². The van der Waals surface area contributed by atoms with Crippen LogP contribution in [0.2, 0.25) is 0 Å². The van der Waals surface area contributed by atoms with Crippen molar-refractivity contribution in [1.82, 2.24) is 3.97 Å². The van der Waals surface area contributed by atoms with Gasteiger partial charge in [0.1, 0.15) is 0 Å². The molecule has 19 heavy (non-hydrogen) atoms. The van der Waals surface area contributed by atoms with Crippen molar-refractivity contribution in [2.45, 2.75) is 11.8 Å². The van der Waals surface area contributed by atoms with Gasteiger partial charge in [0.15, 0.2) is 5.75 Å². The molecule has 2 aromatic rings. The monoisotopic (exact) mass is 299 g/mol. The van der Waals surface area contributed by atoms with Crippen LogP contribution in [0.1, 0.15) is 5.56 Å². The molecule has 0 unspecified atom stereocenters. The lowest BCUT2D eigenvalue weighted by molar-refractivity contribution is 0.225. The number of hydrogen-bond donors (Lipinski definition) is 0. The lowest BCUT2D eigenvalue weighted by Gasteiger charge is -2.05. The highest BCUT2D eigenvalue weighted by molar-refractivity contribution is 7.90. The average Bonchev–Trinajstić information content (AvgIpc) is 2.78. The van der Waals surface area contributed by atoms with Crippen LogP contribution in [0, 0.1) is 6.92 Å². The minimum Gasteiger partial charge on any atom is -0.413 e. The number of benzene rings is 1. The molecule has 0 radical (unpaired) electrons. The first-order valence-corrected chi connectivity index (χ1v) is 7.09. The molecule has 0 aliphatic rings. The molecule has 7 heteroatoms. The van der Waals surface area contributed by atoms with Gasteiger partial charge in [-0.2, -0.15) is 0 Å². The Morgan fingerprint density at radius 2 is 1.84 bits per heavy atom. The van der Waals surface area contributed by atoms with Crippen LogP contribution in [0.4, 0.5) is 4.79 Å². The standard InChI is InChI=1S/C12H10ClNO4S/c1-9-2-4-11(5-3-9)19(16,17)14-7-6-10(8-14)18-12(13)15/h2-8H,1H3. The van der Waals surface area contributed by atoms with Crippen molar-refractivity contribution in [2.24, 2.45) is 0 Å². The van der Waals surface area contributed by atoms with Gasteiger partial charge in [0, 0.05) is 17.8 Å². The first-order chi connectivity index (χ1) is 8.89. The van der Waals surface area contributed by atoms with Gasteiger partial charge in [0.2, 0.25) is 0 Å². The smallest absolute Gasteiger partial charge is 0.409 e. The van der Waals surface area contributed by atoms with E-state index in [0.717, 1.165) is 9.54 Å². The zero-order valence-electron chi connectivity index (χ0n) is 9.91. The van der Waals surface area contributed by atoms with Crippen LogP contribution in [0.15, 0.2) is 47.6 Å². The summed E-state index contributed by atoms with van der Waals surface area (Å²) in [5, 5.41) is 0. The number of halogens is 1. The summed E-state index contributed by atoms with van der Waals surface area (Å²) >= 11 is 5.05. The van der Waals surface area contributed by atoms with Crippen LogP contribution in [0.5, 0.6) is 5.75 Å². The summed E-state index contributed by atoms with van der Waals surface area (Å²) in [7, 11) is -3.69. The van der Waals surface area contributed by atoms with Crippen molar-refractivity contribution in [3.05, 3.63) is 48.3 Å². The largest absolute Gasteiger partial charge is 0.413 e. The summed E-state index contributed by atoms with van der Waals surface area (Å²) < 4.78 is 30.0. The lowest BCUT2D eigenvalue weighted by Crippen LogP contribution is -2.10. The molecule has 5 nitrogen and oxygen atoms in total. The molecular formula is C12H10ClNO4S. The van der Waals surface area contributed by atoms with E-state index in [1.165, 1.54) is 30.6 Å². The molecule has 0 atom stereocenters. The highest BCUT2D eigenvalue weighted by Gasteiger charge is 2.17. The third kappa shape index (κ3) is 2.97. The summed E-state index contributed by atoms with van der Waals surface area (Å²) in [6.07, 6.45) is 2.46. The Morgan fingerprint density at radius 3 is 2.42 bits per heavy atom. The maximum Gasteiger partial charge on any atom is 0.409 e. The highest BCUT2D eigenvalue weighted by Crippen LogP contribution is 2.19. The molecule has 0 saturated carbocycles. The van der Waals surface area contributed by atoms with Gasteiger partial charge >= 0.3 is 5.43 Å². The maximum absolute atomic E-state index is 12.2. The van der Waals surface area contributed by atoms with Gasteiger partial charge in [-0.25, -0.2) is 17.2 Å². The zero-order valence-corrected chi connectivity index (χ0v) is 11.5. The molecule has 2 rings (SSSR count). The summed E-state index contributed by atoms with van der Waals surface area (Å²) in [6, 6.07) is 7.77. The Labute approximate surface area is 115 Å². The third-order valence-corrected chi connectivity index (χ3v) is 4.16. The second-order valence-electron chi connectivity index (χ2n) is 3.83. The predicted molar refractivity (Wildman–Crippen MR) is 70.1 cm³/mol. The number of aryl methyl sites for hydroxylation is 1. The quantitative estimate of drug-likeness (QED) is 0.817. The van der Waals surface area contributed by atoms with Crippen LogP contribution < -0.4 is 4.74 Å². The molecule has 1 aromatic carbocycles. The molecule has 0 aliphatic heterocycles. The minimum absolute atomic E-state index is 0.0655. The molecule has 0 amide bonds. The Balaban J connectivity index is 2.37. The van der Waals surface area contributed by atoms with Crippen LogP contribution >= 0.6 is 11.6 Å². The van der Waals surface area contributed by atoms with Crippen LogP contribution in [-0.4, -0.2) is 17.8 Å². The fourth-order valence-electron chi connectivity index (χ4n) is 1.49. The van der Waals surface area contributed by atoms with Gasteiger partial charge in [-0.05, 0) is 25.1 Å². The second kappa shape index (κ2) is 5.07. The summed E-state index contributed by atoms with van der Waals surface area (Å²) in [6.45, 7) is 1.87. The van der Waals surface area contributed by atoms with E-state index in [2.05, 4.69) is 4.74 Å². The first kappa shape index (κ1) is 13.6. The van der Waals surface area contributed by atoms with E-state index in [-0.39, 0.29) is 10.6 Å². The average molecular weight is 300 g/mol. The fraction of sp³-hybridized carbons (Fsp3) is 0.0833. The van der Waals surface area contributed by atoms with E-state index < -0.39 is 15.5 Å². The molecule has 0 spiro atoms. The lowest BCUT2D eigenvalue weighted by atomic mass is 10.2. The molecule has 1 aromatic heterocycles. The summed E-state index contributed by atoms with van der Waals surface area (Å²) in [4.78, 5) is 10.7. The second-order valence-corrected chi connectivity index (χ2v) is 5.99. The van der Waals surface area contributed by atoms with Crippen molar-refractivity contribution in [1.29, 1.82) is 0 Å². The van der Waals surface area contributed by atoms with Gasteiger partial charge in [0.25, 0.3) is 10.0 Å². The number of aromatic nitrogens is 1. The molecule has 0 N–H and O–H groups in total. The Bertz CT molecular complexity index is 704. The molecule has 1 heterocycles. The first-order valence-electron chi connectivity index (χ1n) is 5.27.